The van der Waals surface area contributed by atoms with E-state index in [1.54, 1.807) is 11.5 Å². The Morgan fingerprint density at radius 3 is 2.79 bits per heavy atom. The Labute approximate surface area is 84.6 Å². The highest BCUT2D eigenvalue weighted by Gasteiger charge is 2.11. The van der Waals surface area contributed by atoms with E-state index in [2.05, 4.69) is 15.0 Å². The normalized spacial score (nSPS) is 11.1. The number of hydrogen-bond donors (Lipinski definition) is 1. The Kier molecular flexibility index (Phi) is 2.07. The number of imidazole rings is 1. The van der Waals surface area contributed by atoms with E-state index in [-0.39, 0.29) is 5.56 Å². The summed E-state index contributed by atoms with van der Waals surface area (Å²) in [6.45, 7) is 1.74. The number of nitrogens with one attached hydrogen (secondary N) is 1. The van der Waals surface area contributed by atoms with E-state index in [0.717, 1.165) is 5.16 Å². The summed E-state index contributed by atoms with van der Waals surface area (Å²) in [5, 5.41) is 0.795. The van der Waals surface area contributed by atoms with Gasteiger partial charge in [-0.25, -0.2) is 9.97 Å². The zero-order valence-electron chi connectivity index (χ0n) is 8.16. The standard InChI is InChI=1S/C8H10N4OS/c1-4-9-6-5(7(13)10-4)12(2)8(11-6)14-3/h1-3H3,(H,9,10,13). The molecule has 6 heteroatoms. The molecular weight excluding hydrogens is 200 g/mol. The minimum Gasteiger partial charge on any atom is -0.316 e. The van der Waals surface area contributed by atoms with Crippen molar-refractivity contribution >= 4 is 22.9 Å². The van der Waals surface area contributed by atoms with Crippen molar-refractivity contribution in [3.05, 3.63) is 16.2 Å². The van der Waals surface area contributed by atoms with Gasteiger partial charge in [-0.05, 0) is 13.2 Å². The van der Waals surface area contributed by atoms with Gasteiger partial charge in [0, 0.05) is 7.05 Å². The smallest absolute Gasteiger partial charge is 0.277 e. The Morgan fingerprint density at radius 2 is 2.14 bits per heavy atom. The van der Waals surface area contributed by atoms with Crippen LogP contribution < -0.4 is 5.56 Å². The molecule has 0 aliphatic heterocycles. The van der Waals surface area contributed by atoms with Crippen LogP contribution in [0, 0.1) is 6.92 Å². The number of aromatic nitrogens is 4. The third kappa shape index (κ3) is 1.22. The molecule has 0 radical (unpaired) electrons. The molecule has 0 bridgehead atoms. The zero-order chi connectivity index (χ0) is 10.3. The fourth-order valence-electron chi connectivity index (χ4n) is 1.39. The summed E-state index contributed by atoms with van der Waals surface area (Å²) in [5.74, 6) is 0.591. The molecule has 0 atom stereocenters. The maximum absolute atomic E-state index is 11.6. The average Bonchev–Trinajstić information content (AvgIpc) is 2.42. The summed E-state index contributed by atoms with van der Waals surface area (Å²) in [5.41, 5.74) is 0.904. The lowest BCUT2D eigenvalue weighted by Gasteiger charge is -1.96. The van der Waals surface area contributed by atoms with Crippen LogP contribution in [0.25, 0.3) is 11.2 Å². The minimum absolute atomic E-state index is 0.136. The first-order valence-electron chi connectivity index (χ1n) is 4.11. The third-order valence-electron chi connectivity index (χ3n) is 2.00. The van der Waals surface area contributed by atoms with Gasteiger partial charge in [0.1, 0.15) is 5.82 Å². The molecule has 1 N–H and O–H groups in total. The first-order valence-corrected chi connectivity index (χ1v) is 5.33. The molecule has 0 aliphatic carbocycles. The van der Waals surface area contributed by atoms with E-state index in [9.17, 15) is 4.79 Å². The van der Waals surface area contributed by atoms with Gasteiger partial charge in [-0.1, -0.05) is 11.8 Å². The van der Waals surface area contributed by atoms with Gasteiger partial charge in [-0.3, -0.25) is 4.79 Å². The van der Waals surface area contributed by atoms with E-state index < -0.39 is 0 Å². The molecule has 0 unspecified atom stereocenters. The molecule has 0 aromatic carbocycles. The van der Waals surface area contributed by atoms with Gasteiger partial charge in [0.15, 0.2) is 16.3 Å². The fourth-order valence-corrected chi connectivity index (χ4v) is 1.93. The van der Waals surface area contributed by atoms with Crippen molar-refractivity contribution in [1.82, 2.24) is 19.5 Å². The van der Waals surface area contributed by atoms with Gasteiger partial charge in [0.2, 0.25) is 0 Å². The average molecular weight is 210 g/mol. The molecule has 14 heavy (non-hydrogen) atoms. The zero-order valence-corrected chi connectivity index (χ0v) is 8.97. The molecule has 0 saturated heterocycles. The number of nitrogens with zero attached hydrogens (tertiary/aromatic N) is 3. The summed E-state index contributed by atoms with van der Waals surface area (Å²) in [6.07, 6.45) is 1.92. The van der Waals surface area contributed by atoms with Crippen LogP contribution in [0.1, 0.15) is 5.82 Å². The molecule has 74 valence electrons. The van der Waals surface area contributed by atoms with Crippen LogP contribution >= 0.6 is 11.8 Å². The van der Waals surface area contributed by atoms with Gasteiger partial charge in [0.25, 0.3) is 5.56 Å². The summed E-state index contributed by atoms with van der Waals surface area (Å²) in [4.78, 5) is 22.7. The van der Waals surface area contributed by atoms with Crippen molar-refractivity contribution in [1.29, 1.82) is 0 Å². The highest BCUT2D eigenvalue weighted by Crippen LogP contribution is 2.16. The Morgan fingerprint density at radius 1 is 1.43 bits per heavy atom. The van der Waals surface area contributed by atoms with E-state index in [1.807, 2.05) is 13.3 Å². The van der Waals surface area contributed by atoms with Crippen molar-refractivity contribution in [2.45, 2.75) is 12.1 Å². The first-order chi connectivity index (χ1) is 6.63. The van der Waals surface area contributed by atoms with Gasteiger partial charge >= 0.3 is 0 Å². The summed E-state index contributed by atoms with van der Waals surface area (Å²) < 4.78 is 1.76. The lowest BCUT2D eigenvalue weighted by molar-refractivity contribution is 0.812. The number of H-pyrrole nitrogens is 1. The summed E-state index contributed by atoms with van der Waals surface area (Å²) in [6, 6.07) is 0. The summed E-state index contributed by atoms with van der Waals surface area (Å²) in [7, 11) is 1.81. The minimum atomic E-state index is -0.136. The number of thioether (sulfide) groups is 1. The highest BCUT2D eigenvalue weighted by atomic mass is 32.2. The Hall–Kier alpha value is -1.30. The second kappa shape index (κ2) is 3.13. The largest absolute Gasteiger partial charge is 0.316 e. The number of rotatable bonds is 1. The lowest BCUT2D eigenvalue weighted by atomic mass is 10.5. The fraction of sp³-hybridized carbons (Fsp3) is 0.375. The number of aryl methyl sites for hydroxylation is 2. The Balaban J connectivity index is 2.92. The molecule has 0 aliphatic rings. The molecule has 2 aromatic heterocycles. The van der Waals surface area contributed by atoms with E-state index in [4.69, 9.17) is 0 Å². The topological polar surface area (TPSA) is 63.6 Å². The van der Waals surface area contributed by atoms with Crippen LogP contribution in [0.3, 0.4) is 0 Å². The molecule has 0 amide bonds. The number of fused-ring (bicyclic) bond motifs is 1. The number of hydrogen-bond acceptors (Lipinski definition) is 4. The SMILES string of the molecule is CSc1nc2nc(C)[nH]c(=O)c2n1C. The molecule has 2 rings (SSSR count). The van der Waals surface area contributed by atoms with E-state index in [0.29, 0.717) is 17.0 Å². The highest BCUT2D eigenvalue weighted by molar-refractivity contribution is 7.98. The predicted octanol–water partition coefficient (Wildman–Crippen LogP) is 0.687. The van der Waals surface area contributed by atoms with E-state index in [1.165, 1.54) is 11.8 Å². The van der Waals surface area contributed by atoms with Gasteiger partial charge < -0.3 is 9.55 Å². The molecule has 0 fully saturated rings. The van der Waals surface area contributed by atoms with Crippen LogP contribution in [0.5, 0.6) is 0 Å². The maximum Gasteiger partial charge on any atom is 0.277 e. The van der Waals surface area contributed by atoms with E-state index >= 15 is 0 Å². The quantitative estimate of drug-likeness (QED) is 0.703. The molecule has 2 heterocycles. The first kappa shape index (κ1) is 9.26. The molecular formula is C8H10N4OS. The molecule has 5 nitrogen and oxygen atoms in total. The van der Waals surface area contributed by atoms with Crippen molar-refractivity contribution in [2.24, 2.45) is 7.05 Å². The monoisotopic (exact) mass is 210 g/mol. The third-order valence-corrected chi connectivity index (χ3v) is 2.73. The van der Waals surface area contributed by atoms with Gasteiger partial charge in [-0.15, -0.1) is 0 Å². The van der Waals surface area contributed by atoms with Crippen molar-refractivity contribution in [2.75, 3.05) is 6.26 Å². The van der Waals surface area contributed by atoms with Gasteiger partial charge in [-0.2, -0.15) is 0 Å². The lowest BCUT2D eigenvalue weighted by Crippen LogP contribution is -2.12. The molecule has 2 aromatic rings. The molecule has 0 spiro atoms. The van der Waals surface area contributed by atoms with Crippen molar-refractivity contribution in [3.8, 4) is 0 Å². The second-order valence-electron chi connectivity index (χ2n) is 2.98. The Bertz CT molecular complexity index is 542. The van der Waals surface area contributed by atoms with Crippen LogP contribution in [0.2, 0.25) is 0 Å². The predicted molar refractivity (Wildman–Crippen MR) is 55.6 cm³/mol. The van der Waals surface area contributed by atoms with Crippen molar-refractivity contribution in [3.63, 3.8) is 0 Å². The van der Waals surface area contributed by atoms with Crippen LogP contribution in [-0.2, 0) is 7.05 Å². The summed E-state index contributed by atoms with van der Waals surface area (Å²) >= 11 is 1.49. The maximum atomic E-state index is 11.6. The number of aromatic amines is 1. The van der Waals surface area contributed by atoms with Gasteiger partial charge in [0.05, 0.1) is 0 Å². The molecule has 0 saturated carbocycles. The second-order valence-corrected chi connectivity index (χ2v) is 3.75. The van der Waals surface area contributed by atoms with Crippen molar-refractivity contribution < 1.29 is 0 Å². The van der Waals surface area contributed by atoms with Crippen LogP contribution in [0.4, 0.5) is 0 Å². The van der Waals surface area contributed by atoms with Crippen LogP contribution in [-0.4, -0.2) is 25.8 Å². The van der Waals surface area contributed by atoms with Crippen LogP contribution in [0.15, 0.2) is 9.95 Å².